The maximum atomic E-state index is 12.0. The van der Waals surface area contributed by atoms with E-state index in [1.165, 1.54) is 12.3 Å². The first-order chi connectivity index (χ1) is 11.1. The third kappa shape index (κ3) is 4.00. The first kappa shape index (κ1) is 17.7. The number of nitrogens with one attached hydrogen (secondary N) is 3. The van der Waals surface area contributed by atoms with Crippen molar-refractivity contribution in [3.8, 4) is 0 Å². The second kappa shape index (κ2) is 7.75. The molecule has 0 atom stereocenters. The molecule has 2 aromatic rings. The van der Waals surface area contributed by atoms with Crippen molar-refractivity contribution in [2.75, 3.05) is 36.4 Å². The minimum atomic E-state index is -0.562. The molecule has 2 aromatic heterocycles. The number of anilines is 2. The Labute approximate surface area is 144 Å². The molecule has 0 aliphatic carbocycles. The molecular weight excluding hydrogens is 336 g/mol. The maximum absolute atomic E-state index is 12.0. The van der Waals surface area contributed by atoms with Gasteiger partial charge in [0.1, 0.15) is 11.5 Å². The lowest BCUT2D eigenvalue weighted by atomic mass is 10.3. The first-order valence-electron chi connectivity index (χ1n) is 7.19. The van der Waals surface area contributed by atoms with Crippen LogP contribution >= 0.6 is 12.4 Å². The van der Waals surface area contributed by atoms with Gasteiger partial charge in [-0.05, 0) is 12.1 Å². The van der Waals surface area contributed by atoms with Gasteiger partial charge in [0.15, 0.2) is 0 Å². The monoisotopic (exact) mass is 352 g/mol. The van der Waals surface area contributed by atoms with Gasteiger partial charge in [0.2, 0.25) is 0 Å². The summed E-state index contributed by atoms with van der Waals surface area (Å²) < 4.78 is 0. The van der Waals surface area contributed by atoms with Crippen molar-refractivity contribution in [1.82, 2.24) is 15.3 Å². The molecular formula is C14H17ClN6O3. The van der Waals surface area contributed by atoms with Gasteiger partial charge >= 0.3 is 0 Å². The molecule has 1 fully saturated rings. The molecule has 0 aromatic carbocycles. The predicted octanol–water partition coefficient (Wildman–Crippen LogP) is 1.40. The summed E-state index contributed by atoms with van der Waals surface area (Å²) in [5.41, 5.74) is 0.960. The number of H-pyrrole nitrogens is 1. The first-order valence-corrected chi connectivity index (χ1v) is 7.19. The quantitative estimate of drug-likeness (QED) is 0.565. The lowest BCUT2D eigenvalue weighted by molar-refractivity contribution is -0.384. The minimum Gasteiger partial charge on any atom is -0.368 e. The molecule has 1 aliphatic rings. The minimum absolute atomic E-state index is 0. The van der Waals surface area contributed by atoms with E-state index in [2.05, 4.69) is 25.5 Å². The van der Waals surface area contributed by atoms with Crippen LogP contribution in [0.4, 0.5) is 17.2 Å². The zero-order chi connectivity index (χ0) is 16.2. The molecule has 1 amide bonds. The van der Waals surface area contributed by atoms with E-state index in [1.807, 2.05) is 6.07 Å². The van der Waals surface area contributed by atoms with Crippen LogP contribution in [0.25, 0.3) is 0 Å². The summed E-state index contributed by atoms with van der Waals surface area (Å²) in [5.74, 6) is -0.0772. The van der Waals surface area contributed by atoms with Crippen LogP contribution in [0.2, 0.25) is 0 Å². The Balaban J connectivity index is 0.00000208. The average molecular weight is 353 g/mol. The van der Waals surface area contributed by atoms with Crippen molar-refractivity contribution >= 4 is 35.5 Å². The van der Waals surface area contributed by atoms with Crippen molar-refractivity contribution in [3.05, 3.63) is 46.4 Å². The normalized spacial score (nSPS) is 13.9. The summed E-state index contributed by atoms with van der Waals surface area (Å²) in [6.07, 6.45) is 2.88. The number of halogens is 1. The molecule has 9 nitrogen and oxygen atoms in total. The highest BCUT2D eigenvalue weighted by molar-refractivity contribution is 6.02. The van der Waals surface area contributed by atoms with E-state index in [0.717, 1.165) is 31.9 Å². The van der Waals surface area contributed by atoms with E-state index in [0.29, 0.717) is 5.82 Å². The van der Waals surface area contributed by atoms with E-state index in [4.69, 9.17) is 0 Å². The van der Waals surface area contributed by atoms with Crippen LogP contribution in [0.1, 0.15) is 10.5 Å². The van der Waals surface area contributed by atoms with Crippen molar-refractivity contribution in [1.29, 1.82) is 0 Å². The molecule has 0 bridgehead atoms. The molecule has 0 spiro atoms. The summed E-state index contributed by atoms with van der Waals surface area (Å²) in [6, 6.07) is 4.79. The summed E-state index contributed by atoms with van der Waals surface area (Å²) in [4.78, 5) is 31.1. The van der Waals surface area contributed by atoms with E-state index in [1.54, 1.807) is 12.3 Å². The number of piperazine rings is 1. The molecule has 0 radical (unpaired) electrons. The third-order valence-electron chi connectivity index (χ3n) is 3.59. The van der Waals surface area contributed by atoms with Crippen LogP contribution in [0.3, 0.4) is 0 Å². The number of hydrogen-bond acceptors (Lipinski definition) is 6. The maximum Gasteiger partial charge on any atom is 0.287 e. The molecule has 1 saturated heterocycles. The molecule has 1 aliphatic heterocycles. The fourth-order valence-electron chi connectivity index (χ4n) is 2.37. The largest absolute Gasteiger partial charge is 0.368 e. The summed E-state index contributed by atoms with van der Waals surface area (Å²) in [7, 11) is 0. The Morgan fingerprint density at radius 2 is 2.08 bits per heavy atom. The number of aromatic amines is 1. The second-order valence-corrected chi connectivity index (χ2v) is 5.12. The Bertz CT molecular complexity index is 712. The molecule has 0 saturated carbocycles. The molecule has 3 N–H and O–H groups in total. The number of nitrogens with zero attached hydrogens (tertiary/aromatic N) is 3. The third-order valence-corrected chi connectivity index (χ3v) is 3.59. The predicted molar refractivity (Wildman–Crippen MR) is 92.0 cm³/mol. The van der Waals surface area contributed by atoms with E-state index >= 15 is 0 Å². The van der Waals surface area contributed by atoms with Crippen LogP contribution in [0.15, 0.2) is 30.6 Å². The lowest BCUT2D eigenvalue weighted by Gasteiger charge is -2.29. The van der Waals surface area contributed by atoms with Crippen LogP contribution in [0, 0.1) is 10.1 Å². The molecule has 3 heterocycles. The highest BCUT2D eigenvalue weighted by Gasteiger charge is 2.15. The van der Waals surface area contributed by atoms with Gasteiger partial charge < -0.3 is 20.5 Å². The van der Waals surface area contributed by atoms with Crippen molar-refractivity contribution < 1.29 is 9.72 Å². The summed E-state index contributed by atoms with van der Waals surface area (Å²) in [5, 5.41) is 16.5. The number of hydrogen-bond donors (Lipinski definition) is 3. The fraction of sp³-hybridized carbons (Fsp3) is 0.286. The molecule has 128 valence electrons. The number of aromatic nitrogens is 2. The van der Waals surface area contributed by atoms with E-state index < -0.39 is 10.8 Å². The highest BCUT2D eigenvalue weighted by atomic mass is 35.5. The van der Waals surface area contributed by atoms with Gasteiger partial charge in [-0.3, -0.25) is 14.9 Å². The van der Waals surface area contributed by atoms with Crippen LogP contribution in [-0.4, -0.2) is 47.0 Å². The van der Waals surface area contributed by atoms with Crippen molar-refractivity contribution in [3.63, 3.8) is 0 Å². The van der Waals surface area contributed by atoms with Crippen LogP contribution < -0.4 is 15.5 Å². The number of nitro groups is 1. The van der Waals surface area contributed by atoms with Gasteiger partial charge in [-0.15, -0.1) is 12.4 Å². The van der Waals surface area contributed by atoms with Gasteiger partial charge in [0, 0.05) is 32.2 Å². The number of pyridine rings is 1. The zero-order valence-corrected chi connectivity index (χ0v) is 13.5. The standard InChI is InChI=1S/C14H16N6O3.ClH/c21-14(12-7-11(9-16-12)20(22)23)18-13-2-1-10(8-17-13)19-5-3-15-4-6-19;/h1-2,7-9,15-16H,3-6H2,(H,17,18,21);1H. The molecule has 0 unspecified atom stereocenters. The van der Waals surface area contributed by atoms with Gasteiger partial charge in [-0.25, -0.2) is 4.98 Å². The lowest BCUT2D eigenvalue weighted by Crippen LogP contribution is -2.43. The van der Waals surface area contributed by atoms with Gasteiger partial charge in [-0.1, -0.05) is 0 Å². The molecule has 24 heavy (non-hydrogen) atoms. The van der Waals surface area contributed by atoms with Crippen molar-refractivity contribution in [2.45, 2.75) is 0 Å². The number of amides is 1. The van der Waals surface area contributed by atoms with Gasteiger partial charge in [0.05, 0.1) is 23.0 Å². The number of carbonyl (C=O) groups is 1. The zero-order valence-electron chi connectivity index (χ0n) is 12.7. The van der Waals surface area contributed by atoms with Crippen LogP contribution in [0.5, 0.6) is 0 Å². The van der Waals surface area contributed by atoms with Crippen LogP contribution in [-0.2, 0) is 0 Å². The summed E-state index contributed by atoms with van der Waals surface area (Å²) >= 11 is 0. The number of carbonyl (C=O) groups excluding carboxylic acids is 1. The second-order valence-electron chi connectivity index (χ2n) is 5.12. The van der Waals surface area contributed by atoms with E-state index in [-0.39, 0.29) is 23.8 Å². The summed E-state index contributed by atoms with van der Waals surface area (Å²) in [6.45, 7) is 3.70. The number of rotatable bonds is 4. The van der Waals surface area contributed by atoms with Gasteiger partial charge in [0.25, 0.3) is 11.6 Å². The Hall–Kier alpha value is -2.65. The Morgan fingerprint density at radius 1 is 1.33 bits per heavy atom. The smallest absolute Gasteiger partial charge is 0.287 e. The topological polar surface area (TPSA) is 116 Å². The Kier molecular flexibility index (Phi) is 5.72. The highest BCUT2D eigenvalue weighted by Crippen LogP contribution is 2.17. The molecule has 3 rings (SSSR count). The molecule has 10 heteroatoms. The van der Waals surface area contributed by atoms with Crippen molar-refractivity contribution in [2.24, 2.45) is 0 Å². The SMILES string of the molecule is Cl.O=C(Nc1ccc(N2CCNCC2)cn1)c1cc([N+](=O)[O-])c[nH]1. The average Bonchev–Trinajstić information content (AvgIpc) is 3.07. The Morgan fingerprint density at radius 3 is 2.67 bits per heavy atom. The van der Waals surface area contributed by atoms with E-state index in [9.17, 15) is 14.9 Å². The van der Waals surface area contributed by atoms with Gasteiger partial charge in [-0.2, -0.15) is 0 Å². The fourth-order valence-corrected chi connectivity index (χ4v) is 2.37.